The summed E-state index contributed by atoms with van der Waals surface area (Å²) in [6.07, 6.45) is 3.79. The average Bonchev–Trinajstić information content (AvgIpc) is 2.46. The fourth-order valence-corrected chi connectivity index (χ4v) is 4.21. The van der Waals surface area contributed by atoms with Crippen molar-refractivity contribution in [2.75, 3.05) is 11.1 Å². The molecule has 2 atom stereocenters. The summed E-state index contributed by atoms with van der Waals surface area (Å²) in [6, 6.07) is 6.59. The minimum atomic E-state index is 0.0271. The molecule has 1 fully saturated rings. The third-order valence-corrected chi connectivity index (χ3v) is 5.59. The van der Waals surface area contributed by atoms with E-state index in [4.69, 9.17) is 0 Å². The Balaban J connectivity index is 1.74. The third kappa shape index (κ3) is 3.14. The van der Waals surface area contributed by atoms with Gasteiger partial charge in [0.15, 0.2) is 0 Å². The van der Waals surface area contributed by atoms with Gasteiger partial charge in [0.2, 0.25) is 11.8 Å². The second-order valence-corrected chi connectivity index (χ2v) is 7.29. The number of hydrogen-bond acceptors (Lipinski definition) is 3. The summed E-state index contributed by atoms with van der Waals surface area (Å²) in [5.41, 5.74) is 1.81. The Morgan fingerprint density at radius 2 is 2.05 bits per heavy atom. The van der Waals surface area contributed by atoms with Crippen LogP contribution in [0.5, 0.6) is 0 Å². The smallest absolute Gasteiger partial charge is 0.234 e. The van der Waals surface area contributed by atoms with E-state index in [1.807, 2.05) is 23.1 Å². The number of anilines is 1. The first-order chi connectivity index (χ1) is 10.5. The summed E-state index contributed by atoms with van der Waals surface area (Å²) in [5.74, 6) is 0.683. The van der Waals surface area contributed by atoms with E-state index in [1.165, 1.54) is 6.42 Å². The molecule has 5 heteroatoms. The average molecular weight is 318 g/mol. The molecule has 2 heterocycles. The molecule has 0 saturated carbocycles. The second-order valence-electron chi connectivity index (χ2n) is 6.27. The van der Waals surface area contributed by atoms with Crippen LogP contribution in [0.3, 0.4) is 0 Å². The Bertz CT molecular complexity index is 592. The monoisotopic (exact) mass is 318 g/mol. The van der Waals surface area contributed by atoms with Crippen molar-refractivity contribution in [1.82, 2.24) is 4.90 Å². The maximum absolute atomic E-state index is 12.7. The molecule has 0 aliphatic carbocycles. The third-order valence-electron chi connectivity index (χ3n) is 4.51. The number of rotatable bonds is 2. The molecule has 1 aromatic carbocycles. The Labute approximate surface area is 135 Å². The Morgan fingerprint density at radius 1 is 1.32 bits per heavy atom. The maximum Gasteiger partial charge on any atom is 0.234 e. The standard InChI is InChI=1S/C17H22N2O2S/c1-11-4-3-5-12(2)19(11)17(21)9-13-6-7-15-14(8-13)18-16(20)10-22-15/h6-8,11-12H,3-5,9-10H2,1-2H3,(H,18,20). The van der Waals surface area contributed by atoms with Gasteiger partial charge in [0.05, 0.1) is 17.9 Å². The van der Waals surface area contributed by atoms with Crippen molar-refractivity contribution in [3.8, 4) is 0 Å². The van der Waals surface area contributed by atoms with Crippen molar-refractivity contribution >= 4 is 29.3 Å². The molecule has 4 nitrogen and oxygen atoms in total. The fourth-order valence-electron chi connectivity index (χ4n) is 3.42. The highest BCUT2D eigenvalue weighted by atomic mass is 32.2. The number of carbonyl (C=O) groups excluding carboxylic acids is 2. The van der Waals surface area contributed by atoms with Gasteiger partial charge in [-0.15, -0.1) is 11.8 Å². The lowest BCUT2D eigenvalue weighted by molar-refractivity contribution is -0.136. The molecule has 0 spiro atoms. The summed E-state index contributed by atoms with van der Waals surface area (Å²) in [6.45, 7) is 4.27. The minimum Gasteiger partial charge on any atom is -0.337 e. The predicted molar refractivity (Wildman–Crippen MR) is 89.1 cm³/mol. The minimum absolute atomic E-state index is 0.0271. The van der Waals surface area contributed by atoms with Crippen LogP contribution < -0.4 is 5.32 Å². The molecule has 1 saturated heterocycles. The van der Waals surface area contributed by atoms with E-state index in [0.29, 0.717) is 24.3 Å². The molecule has 1 aromatic rings. The molecule has 2 amide bonds. The van der Waals surface area contributed by atoms with Crippen LogP contribution >= 0.6 is 11.8 Å². The van der Waals surface area contributed by atoms with E-state index in [9.17, 15) is 9.59 Å². The number of piperidine rings is 1. The van der Waals surface area contributed by atoms with Gasteiger partial charge in [-0.25, -0.2) is 0 Å². The van der Waals surface area contributed by atoms with Gasteiger partial charge in [-0.2, -0.15) is 0 Å². The molecule has 0 radical (unpaired) electrons. The summed E-state index contributed by atoms with van der Waals surface area (Å²) >= 11 is 1.55. The molecule has 0 bridgehead atoms. The van der Waals surface area contributed by atoms with Crippen LogP contribution in [0.25, 0.3) is 0 Å². The van der Waals surface area contributed by atoms with Gasteiger partial charge in [-0.3, -0.25) is 9.59 Å². The van der Waals surface area contributed by atoms with E-state index < -0.39 is 0 Å². The molecular weight excluding hydrogens is 296 g/mol. The number of hydrogen-bond donors (Lipinski definition) is 1. The largest absolute Gasteiger partial charge is 0.337 e. The highest BCUT2D eigenvalue weighted by molar-refractivity contribution is 8.00. The SMILES string of the molecule is CC1CCCC(C)N1C(=O)Cc1ccc2c(c1)NC(=O)CS2. The fraction of sp³-hybridized carbons (Fsp3) is 0.529. The van der Waals surface area contributed by atoms with Gasteiger partial charge in [0.1, 0.15) is 0 Å². The van der Waals surface area contributed by atoms with E-state index in [0.717, 1.165) is 29.0 Å². The summed E-state index contributed by atoms with van der Waals surface area (Å²) in [7, 11) is 0. The molecule has 22 heavy (non-hydrogen) atoms. The predicted octanol–water partition coefficient (Wildman–Crippen LogP) is 3.06. The number of likely N-dealkylation sites (tertiary alicyclic amines) is 1. The van der Waals surface area contributed by atoms with Crippen molar-refractivity contribution in [1.29, 1.82) is 0 Å². The van der Waals surface area contributed by atoms with E-state index in [2.05, 4.69) is 19.2 Å². The van der Waals surface area contributed by atoms with Crippen LogP contribution in [0.1, 0.15) is 38.7 Å². The summed E-state index contributed by atoms with van der Waals surface area (Å²) in [4.78, 5) is 27.3. The second kappa shape index (κ2) is 6.32. The van der Waals surface area contributed by atoms with Gasteiger partial charge in [0, 0.05) is 17.0 Å². The topological polar surface area (TPSA) is 49.4 Å². The van der Waals surface area contributed by atoms with E-state index in [1.54, 1.807) is 11.8 Å². The molecule has 2 aliphatic rings. The molecule has 118 valence electrons. The first-order valence-electron chi connectivity index (χ1n) is 7.91. The normalized spacial score (nSPS) is 24.6. The van der Waals surface area contributed by atoms with Gasteiger partial charge in [0.25, 0.3) is 0 Å². The highest BCUT2D eigenvalue weighted by Crippen LogP contribution is 2.32. The number of thioether (sulfide) groups is 1. The number of carbonyl (C=O) groups is 2. The molecule has 2 unspecified atom stereocenters. The maximum atomic E-state index is 12.7. The number of amides is 2. The molecule has 3 rings (SSSR count). The van der Waals surface area contributed by atoms with Crippen LogP contribution in [-0.4, -0.2) is 34.6 Å². The highest BCUT2D eigenvalue weighted by Gasteiger charge is 2.28. The van der Waals surface area contributed by atoms with Crippen LogP contribution in [0, 0.1) is 0 Å². The van der Waals surface area contributed by atoms with Crippen molar-refractivity contribution in [2.24, 2.45) is 0 Å². The lowest BCUT2D eigenvalue weighted by Gasteiger charge is -2.39. The van der Waals surface area contributed by atoms with Crippen LogP contribution in [0.15, 0.2) is 23.1 Å². The zero-order chi connectivity index (χ0) is 15.7. The van der Waals surface area contributed by atoms with E-state index in [-0.39, 0.29) is 11.8 Å². The number of fused-ring (bicyclic) bond motifs is 1. The lowest BCUT2D eigenvalue weighted by Crippen LogP contribution is -2.48. The quantitative estimate of drug-likeness (QED) is 0.912. The van der Waals surface area contributed by atoms with Crippen molar-refractivity contribution in [3.63, 3.8) is 0 Å². The summed E-state index contributed by atoms with van der Waals surface area (Å²) < 4.78 is 0. The van der Waals surface area contributed by atoms with E-state index >= 15 is 0 Å². The zero-order valence-electron chi connectivity index (χ0n) is 13.1. The van der Waals surface area contributed by atoms with Gasteiger partial charge in [-0.1, -0.05) is 6.07 Å². The van der Waals surface area contributed by atoms with Crippen molar-refractivity contribution in [3.05, 3.63) is 23.8 Å². The molecule has 2 aliphatic heterocycles. The van der Waals surface area contributed by atoms with Gasteiger partial charge < -0.3 is 10.2 Å². The number of benzene rings is 1. The first-order valence-corrected chi connectivity index (χ1v) is 8.90. The molecule has 0 aromatic heterocycles. The summed E-state index contributed by atoms with van der Waals surface area (Å²) in [5, 5.41) is 2.89. The van der Waals surface area contributed by atoms with Crippen LogP contribution in [-0.2, 0) is 16.0 Å². The van der Waals surface area contributed by atoms with Crippen molar-refractivity contribution < 1.29 is 9.59 Å². The Hall–Kier alpha value is -1.49. The molecule has 1 N–H and O–H groups in total. The van der Waals surface area contributed by atoms with Gasteiger partial charge >= 0.3 is 0 Å². The van der Waals surface area contributed by atoms with Crippen molar-refractivity contribution in [2.45, 2.75) is 56.5 Å². The van der Waals surface area contributed by atoms with Crippen LogP contribution in [0.2, 0.25) is 0 Å². The number of nitrogens with one attached hydrogen (secondary N) is 1. The Morgan fingerprint density at radius 3 is 2.77 bits per heavy atom. The lowest BCUT2D eigenvalue weighted by atomic mass is 9.96. The number of nitrogens with zero attached hydrogens (tertiary/aromatic N) is 1. The Kier molecular flexibility index (Phi) is 4.43. The zero-order valence-corrected chi connectivity index (χ0v) is 13.9. The van der Waals surface area contributed by atoms with Crippen LogP contribution in [0.4, 0.5) is 5.69 Å². The van der Waals surface area contributed by atoms with Gasteiger partial charge in [-0.05, 0) is 50.8 Å². The molecular formula is C17H22N2O2S. The first kappa shape index (κ1) is 15.4.